The maximum Gasteiger partial charge on any atom is 0.185 e. The number of nitrogens with zero attached hydrogens (tertiary/aromatic N) is 1. The van der Waals surface area contributed by atoms with Gasteiger partial charge in [-0.2, -0.15) is 0 Å². The predicted molar refractivity (Wildman–Crippen MR) is 75.4 cm³/mol. The zero-order valence-corrected chi connectivity index (χ0v) is 12.3. The molecule has 0 aromatic rings. The van der Waals surface area contributed by atoms with Crippen LogP contribution in [0.2, 0.25) is 0 Å². The average molecular weight is 255 g/mol. The van der Waals surface area contributed by atoms with Gasteiger partial charge in [0.25, 0.3) is 0 Å². The van der Waals surface area contributed by atoms with Crippen molar-refractivity contribution in [3.05, 3.63) is 0 Å². The maximum atomic E-state index is 5.45. The molecule has 0 atom stereocenters. The lowest BCUT2D eigenvalue weighted by Crippen LogP contribution is -2.56. The average Bonchev–Trinajstić information content (AvgIpc) is 2.57. The van der Waals surface area contributed by atoms with Gasteiger partial charge in [-0.3, -0.25) is 5.01 Å². The highest BCUT2D eigenvalue weighted by Crippen LogP contribution is 2.35. The van der Waals surface area contributed by atoms with Gasteiger partial charge in [-0.15, -0.1) is 0 Å². The number of rotatable bonds is 1. The summed E-state index contributed by atoms with van der Waals surface area (Å²) in [4.78, 5) is 0. The summed E-state index contributed by atoms with van der Waals surface area (Å²) in [5.74, 6) is 0.904. The lowest BCUT2D eigenvalue weighted by Gasteiger charge is -2.39. The Bertz CT molecular complexity index is 300. The van der Waals surface area contributed by atoms with Crippen LogP contribution in [0.4, 0.5) is 0 Å². The summed E-state index contributed by atoms with van der Waals surface area (Å²) in [6, 6.07) is 0. The fraction of sp³-hybridized carbons (Fsp3) is 0.923. The first kappa shape index (κ1) is 13.1. The summed E-state index contributed by atoms with van der Waals surface area (Å²) in [7, 11) is 0. The second-order valence-corrected chi connectivity index (χ2v) is 6.87. The Morgan fingerprint density at radius 3 is 2.35 bits per heavy atom. The Morgan fingerprint density at radius 2 is 1.94 bits per heavy atom. The summed E-state index contributed by atoms with van der Waals surface area (Å²) >= 11 is 5.45. The minimum Gasteiger partial charge on any atom is -0.342 e. The van der Waals surface area contributed by atoms with Gasteiger partial charge in [0.05, 0.1) is 5.54 Å². The molecule has 1 aliphatic carbocycles. The van der Waals surface area contributed by atoms with Crippen molar-refractivity contribution in [2.75, 3.05) is 0 Å². The van der Waals surface area contributed by atoms with Gasteiger partial charge in [0.1, 0.15) is 5.66 Å². The van der Waals surface area contributed by atoms with Crippen molar-refractivity contribution < 1.29 is 0 Å². The summed E-state index contributed by atoms with van der Waals surface area (Å²) in [5, 5.41) is 6.49. The minimum atomic E-state index is 0.0369. The third-order valence-corrected chi connectivity index (χ3v) is 4.37. The van der Waals surface area contributed by atoms with Crippen molar-refractivity contribution in [1.82, 2.24) is 15.8 Å². The van der Waals surface area contributed by atoms with Gasteiger partial charge in [0.2, 0.25) is 0 Å². The number of thiocarbonyl (C=S) groups is 1. The number of hydrogen-bond acceptors (Lipinski definition) is 2. The first-order valence-electron chi connectivity index (χ1n) is 6.76. The van der Waals surface area contributed by atoms with E-state index in [-0.39, 0.29) is 11.2 Å². The van der Waals surface area contributed by atoms with Crippen molar-refractivity contribution in [2.45, 2.75) is 71.0 Å². The van der Waals surface area contributed by atoms with E-state index >= 15 is 0 Å². The van der Waals surface area contributed by atoms with E-state index < -0.39 is 0 Å². The fourth-order valence-corrected chi connectivity index (χ4v) is 3.36. The highest BCUT2D eigenvalue weighted by molar-refractivity contribution is 7.80. The highest BCUT2D eigenvalue weighted by atomic mass is 32.1. The molecular formula is C13H25N3S. The van der Waals surface area contributed by atoms with Crippen LogP contribution in [-0.4, -0.2) is 21.3 Å². The van der Waals surface area contributed by atoms with Gasteiger partial charge < -0.3 is 5.32 Å². The standard InChI is InChI=1S/C13H25N3S/c1-5-10-6-8-13(9-7-10)14-11(17)16(15-13)12(2,3)4/h10,15H,5-9H2,1-4H3,(H,14,17). The number of hydrogen-bond donors (Lipinski definition) is 2. The summed E-state index contributed by atoms with van der Waals surface area (Å²) < 4.78 is 0. The Balaban J connectivity index is 2.04. The molecule has 1 saturated carbocycles. The second-order valence-electron chi connectivity index (χ2n) is 6.48. The van der Waals surface area contributed by atoms with Crippen molar-refractivity contribution >= 4 is 17.3 Å². The molecule has 2 N–H and O–H groups in total. The van der Waals surface area contributed by atoms with E-state index in [0.717, 1.165) is 11.0 Å². The van der Waals surface area contributed by atoms with Crippen molar-refractivity contribution in [2.24, 2.45) is 5.92 Å². The van der Waals surface area contributed by atoms with Gasteiger partial charge in [-0.05, 0) is 64.6 Å². The molecule has 2 aliphatic rings. The normalized spacial score (nSPS) is 34.2. The maximum absolute atomic E-state index is 5.45. The molecule has 0 unspecified atom stereocenters. The molecule has 1 aliphatic heterocycles. The topological polar surface area (TPSA) is 27.3 Å². The Kier molecular flexibility index (Phi) is 3.38. The van der Waals surface area contributed by atoms with E-state index in [1.807, 2.05) is 0 Å². The molecule has 1 spiro atoms. The summed E-state index contributed by atoms with van der Waals surface area (Å²) in [6.45, 7) is 8.85. The SMILES string of the molecule is CCC1CCC2(CC1)NC(=S)N(C(C)(C)C)N2. The minimum absolute atomic E-state index is 0.0369. The largest absolute Gasteiger partial charge is 0.342 e. The molecule has 0 amide bonds. The lowest BCUT2D eigenvalue weighted by molar-refractivity contribution is 0.0914. The van der Waals surface area contributed by atoms with Gasteiger partial charge in [0, 0.05) is 0 Å². The van der Waals surface area contributed by atoms with Crippen LogP contribution in [-0.2, 0) is 0 Å². The molecule has 4 heteroatoms. The second kappa shape index (κ2) is 4.39. The predicted octanol–water partition coefficient (Wildman–Crippen LogP) is 2.78. The Hall–Kier alpha value is -0.350. The molecule has 0 aromatic heterocycles. The molecule has 2 rings (SSSR count). The monoisotopic (exact) mass is 255 g/mol. The molecule has 98 valence electrons. The van der Waals surface area contributed by atoms with Gasteiger partial charge in [-0.1, -0.05) is 13.3 Å². The third kappa shape index (κ3) is 2.58. The zero-order valence-electron chi connectivity index (χ0n) is 11.5. The molecule has 17 heavy (non-hydrogen) atoms. The van der Waals surface area contributed by atoms with Crippen molar-refractivity contribution in [3.8, 4) is 0 Å². The van der Waals surface area contributed by atoms with Crippen LogP contribution in [0, 0.1) is 5.92 Å². The first-order valence-corrected chi connectivity index (χ1v) is 7.17. The fourth-order valence-electron chi connectivity index (χ4n) is 2.84. The van der Waals surface area contributed by atoms with Crippen molar-refractivity contribution in [3.63, 3.8) is 0 Å². The van der Waals surface area contributed by atoms with Crippen LogP contribution >= 0.6 is 12.2 Å². The first-order chi connectivity index (χ1) is 7.86. The van der Waals surface area contributed by atoms with Crippen LogP contribution < -0.4 is 10.7 Å². The van der Waals surface area contributed by atoms with Crippen LogP contribution in [0.3, 0.4) is 0 Å². The Morgan fingerprint density at radius 1 is 1.35 bits per heavy atom. The van der Waals surface area contributed by atoms with E-state index in [9.17, 15) is 0 Å². The third-order valence-electron chi connectivity index (χ3n) is 4.08. The van der Waals surface area contributed by atoms with Gasteiger partial charge in [-0.25, -0.2) is 5.43 Å². The summed E-state index contributed by atoms with van der Waals surface area (Å²) in [5.41, 5.74) is 3.70. The number of hydrazine groups is 1. The van der Waals surface area contributed by atoms with Crippen LogP contribution in [0.5, 0.6) is 0 Å². The number of nitrogens with one attached hydrogen (secondary N) is 2. The van der Waals surface area contributed by atoms with E-state index in [4.69, 9.17) is 12.2 Å². The van der Waals surface area contributed by atoms with E-state index in [1.54, 1.807) is 0 Å². The Labute approximate surface area is 110 Å². The van der Waals surface area contributed by atoms with Gasteiger partial charge >= 0.3 is 0 Å². The van der Waals surface area contributed by atoms with Crippen LogP contribution in [0.25, 0.3) is 0 Å². The lowest BCUT2D eigenvalue weighted by atomic mass is 9.81. The van der Waals surface area contributed by atoms with E-state index in [2.05, 4.69) is 43.4 Å². The molecular weight excluding hydrogens is 230 g/mol. The van der Waals surface area contributed by atoms with Crippen LogP contribution in [0.1, 0.15) is 59.8 Å². The molecule has 1 heterocycles. The van der Waals surface area contributed by atoms with E-state index in [1.165, 1.54) is 32.1 Å². The molecule has 0 radical (unpaired) electrons. The molecule has 0 aromatic carbocycles. The van der Waals surface area contributed by atoms with Crippen LogP contribution in [0.15, 0.2) is 0 Å². The molecule has 2 fully saturated rings. The highest BCUT2D eigenvalue weighted by Gasteiger charge is 2.45. The molecule has 1 saturated heterocycles. The molecule has 3 nitrogen and oxygen atoms in total. The zero-order chi connectivity index (χ0) is 12.7. The van der Waals surface area contributed by atoms with Gasteiger partial charge in [0.15, 0.2) is 5.11 Å². The molecule has 0 bridgehead atoms. The van der Waals surface area contributed by atoms with E-state index in [0.29, 0.717) is 0 Å². The smallest absolute Gasteiger partial charge is 0.185 e. The van der Waals surface area contributed by atoms with Crippen molar-refractivity contribution in [1.29, 1.82) is 0 Å². The quantitative estimate of drug-likeness (QED) is 0.705. The summed E-state index contributed by atoms with van der Waals surface area (Å²) in [6.07, 6.45) is 6.27.